The number of halogens is 2. The van der Waals surface area contributed by atoms with E-state index in [1.54, 1.807) is 23.1 Å². The van der Waals surface area contributed by atoms with Gasteiger partial charge < -0.3 is 5.32 Å². The minimum absolute atomic E-state index is 0.188. The topological polar surface area (TPSA) is 32.3 Å². The Morgan fingerprint density at radius 3 is 2.50 bits per heavy atom. The minimum atomic E-state index is -0.188. The second-order valence-corrected chi connectivity index (χ2v) is 4.96. The molecule has 0 radical (unpaired) electrons. The summed E-state index contributed by atoms with van der Waals surface area (Å²) in [4.78, 5) is 13.7. The average molecular weight is 285 g/mol. The number of carbonyl (C=O) groups is 1. The summed E-state index contributed by atoms with van der Waals surface area (Å²) in [5.41, 5.74) is 2.62. The van der Waals surface area contributed by atoms with Crippen LogP contribution in [-0.2, 0) is 0 Å². The first-order chi connectivity index (χ1) is 8.56. The highest BCUT2D eigenvalue weighted by Gasteiger charge is 2.28. The van der Waals surface area contributed by atoms with E-state index in [4.69, 9.17) is 23.2 Å². The fraction of sp³-hybridized carbons (Fsp3) is 0.308. The maximum Gasteiger partial charge on any atom is 0.326 e. The summed E-state index contributed by atoms with van der Waals surface area (Å²) < 4.78 is 0. The van der Waals surface area contributed by atoms with E-state index < -0.39 is 0 Å². The molecule has 0 unspecified atom stereocenters. The molecule has 2 amide bonds. The molecule has 96 valence electrons. The molecular weight excluding hydrogens is 271 g/mol. The molecule has 1 aliphatic rings. The number of hydrogen-bond acceptors (Lipinski definition) is 1. The molecule has 5 heteroatoms. The van der Waals surface area contributed by atoms with Crippen LogP contribution in [0.25, 0.3) is 0 Å². The molecule has 0 aliphatic carbocycles. The molecule has 0 aromatic heterocycles. The first-order valence-corrected chi connectivity index (χ1v) is 6.52. The van der Waals surface area contributed by atoms with E-state index in [0.717, 1.165) is 17.7 Å². The standard InChI is InChI=1S/C13H14Cl2N2O/c1-3-11-8(2)7-16-13(18)17(11)12-9(14)5-4-6-10(12)15/h4-6H,3,7H2,1-2H3,(H,16,18). The molecule has 0 bridgehead atoms. The van der Waals surface area contributed by atoms with Crippen molar-refractivity contribution >= 4 is 34.9 Å². The smallest absolute Gasteiger partial charge is 0.326 e. The summed E-state index contributed by atoms with van der Waals surface area (Å²) >= 11 is 12.3. The van der Waals surface area contributed by atoms with Crippen molar-refractivity contribution in [2.75, 3.05) is 11.4 Å². The van der Waals surface area contributed by atoms with Crippen molar-refractivity contribution in [1.29, 1.82) is 0 Å². The van der Waals surface area contributed by atoms with Crippen molar-refractivity contribution in [2.45, 2.75) is 20.3 Å². The van der Waals surface area contributed by atoms with Gasteiger partial charge in [-0.1, -0.05) is 36.2 Å². The third-order valence-corrected chi connectivity index (χ3v) is 3.58. The van der Waals surface area contributed by atoms with Crippen LogP contribution in [-0.4, -0.2) is 12.6 Å². The van der Waals surface area contributed by atoms with Gasteiger partial charge in [0.15, 0.2) is 0 Å². The Morgan fingerprint density at radius 1 is 1.33 bits per heavy atom. The summed E-state index contributed by atoms with van der Waals surface area (Å²) in [6.45, 7) is 4.58. The van der Waals surface area contributed by atoms with E-state index in [1.165, 1.54) is 0 Å². The fourth-order valence-corrected chi connectivity index (χ4v) is 2.67. The predicted molar refractivity (Wildman–Crippen MR) is 75.3 cm³/mol. The van der Waals surface area contributed by atoms with E-state index in [0.29, 0.717) is 22.3 Å². The maximum atomic E-state index is 12.1. The second kappa shape index (κ2) is 5.21. The molecule has 1 aliphatic heterocycles. The van der Waals surface area contributed by atoms with E-state index in [1.807, 2.05) is 13.8 Å². The van der Waals surface area contributed by atoms with Gasteiger partial charge in [0.1, 0.15) is 0 Å². The predicted octanol–water partition coefficient (Wildman–Crippen LogP) is 4.21. The van der Waals surface area contributed by atoms with Crippen LogP contribution in [0.1, 0.15) is 20.3 Å². The number of amides is 2. The van der Waals surface area contributed by atoms with Crippen LogP contribution in [0.2, 0.25) is 10.0 Å². The van der Waals surface area contributed by atoms with Gasteiger partial charge in [0, 0.05) is 12.2 Å². The van der Waals surface area contributed by atoms with Crippen molar-refractivity contribution in [3.8, 4) is 0 Å². The van der Waals surface area contributed by atoms with Crippen molar-refractivity contribution in [1.82, 2.24) is 5.32 Å². The van der Waals surface area contributed by atoms with Crippen molar-refractivity contribution in [3.05, 3.63) is 39.5 Å². The van der Waals surface area contributed by atoms with Gasteiger partial charge in [-0.15, -0.1) is 0 Å². The molecule has 1 N–H and O–H groups in total. The van der Waals surface area contributed by atoms with E-state index in [9.17, 15) is 4.79 Å². The normalized spacial score (nSPS) is 16.0. The highest BCUT2D eigenvalue weighted by molar-refractivity contribution is 6.40. The van der Waals surface area contributed by atoms with Gasteiger partial charge in [-0.25, -0.2) is 4.79 Å². The number of para-hydroxylation sites is 1. The summed E-state index contributed by atoms with van der Waals surface area (Å²) in [7, 11) is 0. The molecule has 1 aromatic carbocycles. The van der Waals surface area contributed by atoms with Gasteiger partial charge in [-0.05, 0) is 31.1 Å². The number of anilines is 1. The van der Waals surface area contributed by atoms with Gasteiger partial charge in [-0.3, -0.25) is 4.90 Å². The molecular formula is C13H14Cl2N2O. The lowest BCUT2D eigenvalue weighted by molar-refractivity contribution is 0.247. The Balaban J connectivity index is 2.60. The van der Waals surface area contributed by atoms with Gasteiger partial charge in [0.2, 0.25) is 0 Å². The molecule has 0 saturated carbocycles. The largest absolute Gasteiger partial charge is 0.334 e. The third kappa shape index (κ3) is 2.20. The number of nitrogens with zero attached hydrogens (tertiary/aromatic N) is 1. The average Bonchev–Trinajstić information content (AvgIpc) is 2.33. The number of urea groups is 1. The summed E-state index contributed by atoms with van der Waals surface area (Å²) in [5.74, 6) is 0. The number of rotatable bonds is 2. The molecule has 1 aromatic rings. The molecule has 1 heterocycles. The number of benzene rings is 1. The number of allylic oxidation sites excluding steroid dienone is 1. The fourth-order valence-electron chi connectivity index (χ4n) is 2.10. The van der Waals surface area contributed by atoms with Gasteiger partial charge >= 0.3 is 6.03 Å². The van der Waals surface area contributed by atoms with Gasteiger partial charge in [-0.2, -0.15) is 0 Å². The molecule has 18 heavy (non-hydrogen) atoms. The molecule has 0 atom stereocenters. The monoisotopic (exact) mass is 284 g/mol. The Hall–Kier alpha value is -1.19. The van der Waals surface area contributed by atoms with Crippen LogP contribution < -0.4 is 10.2 Å². The second-order valence-electron chi connectivity index (χ2n) is 4.14. The maximum absolute atomic E-state index is 12.1. The number of carbonyl (C=O) groups excluding carboxylic acids is 1. The van der Waals surface area contributed by atoms with Crippen LogP contribution in [0, 0.1) is 0 Å². The first-order valence-electron chi connectivity index (χ1n) is 5.76. The number of hydrogen-bond donors (Lipinski definition) is 1. The van der Waals surface area contributed by atoms with E-state index >= 15 is 0 Å². The lowest BCUT2D eigenvalue weighted by Gasteiger charge is -2.32. The van der Waals surface area contributed by atoms with Crippen molar-refractivity contribution in [2.24, 2.45) is 0 Å². The lowest BCUT2D eigenvalue weighted by Crippen LogP contribution is -2.45. The first kappa shape index (κ1) is 13.2. The van der Waals surface area contributed by atoms with Crippen LogP contribution in [0.5, 0.6) is 0 Å². The summed E-state index contributed by atoms with van der Waals surface area (Å²) in [6, 6.07) is 5.03. The highest BCUT2D eigenvalue weighted by Crippen LogP contribution is 2.37. The zero-order valence-corrected chi connectivity index (χ0v) is 11.8. The van der Waals surface area contributed by atoms with Crippen LogP contribution in [0.3, 0.4) is 0 Å². The Morgan fingerprint density at radius 2 is 1.94 bits per heavy atom. The lowest BCUT2D eigenvalue weighted by atomic mass is 10.1. The Bertz CT molecular complexity index is 505. The molecule has 0 saturated heterocycles. The quantitative estimate of drug-likeness (QED) is 0.867. The Labute approximate surface area is 116 Å². The SMILES string of the molecule is CCC1=C(C)CNC(=O)N1c1c(Cl)cccc1Cl. The third-order valence-electron chi connectivity index (χ3n) is 2.97. The molecule has 3 nitrogen and oxygen atoms in total. The summed E-state index contributed by atoms with van der Waals surface area (Å²) in [5, 5.41) is 3.75. The van der Waals surface area contributed by atoms with Crippen molar-refractivity contribution in [3.63, 3.8) is 0 Å². The zero-order chi connectivity index (χ0) is 13.3. The van der Waals surface area contributed by atoms with Crippen LogP contribution >= 0.6 is 23.2 Å². The van der Waals surface area contributed by atoms with Gasteiger partial charge in [0.05, 0.1) is 15.7 Å². The molecule has 0 spiro atoms. The summed E-state index contributed by atoms with van der Waals surface area (Å²) in [6.07, 6.45) is 0.751. The highest BCUT2D eigenvalue weighted by atomic mass is 35.5. The molecule has 2 rings (SSSR count). The minimum Gasteiger partial charge on any atom is -0.334 e. The van der Waals surface area contributed by atoms with E-state index in [-0.39, 0.29) is 6.03 Å². The number of nitrogens with one attached hydrogen (secondary N) is 1. The Kier molecular flexibility index (Phi) is 3.83. The van der Waals surface area contributed by atoms with Gasteiger partial charge in [0.25, 0.3) is 0 Å². The zero-order valence-electron chi connectivity index (χ0n) is 10.3. The van der Waals surface area contributed by atoms with E-state index in [2.05, 4.69) is 5.32 Å². The van der Waals surface area contributed by atoms with Crippen molar-refractivity contribution < 1.29 is 4.79 Å². The molecule has 0 fully saturated rings. The van der Waals surface area contributed by atoms with Crippen LogP contribution in [0.15, 0.2) is 29.5 Å². The van der Waals surface area contributed by atoms with Crippen LogP contribution in [0.4, 0.5) is 10.5 Å².